The summed E-state index contributed by atoms with van der Waals surface area (Å²) in [6, 6.07) is -1.04. The molecule has 1 atom stereocenters. The highest BCUT2D eigenvalue weighted by molar-refractivity contribution is 7.07. The van der Waals surface area contributed by atoms with Gasteiger partial charge in [-0.3, -0.25) is 0 Å². The van der Waals surface area contributed by atoms with Gasteiger partial charge in [0, 0.05) is 11.8 Å². The lowest BCUT2D eigenvalue weighted by atomic mass is 10.2. The SMILES string of the molecule is CC(C)(C)OC(=O)NC(Cc1cscn1)C(=O)O. The van der Waals surface area contributed by atoms with Crippen molar-refractivity contribution >= 4 is 23.4 Å². The average Bonchev–Trinajstić information content (AvgIpc) is 2.66. The molecule has 1 rings (SSSR count). The maximum atomic E-state index is 11.5. The number of amides is 1. The van der Waals surface area contributed by atoms with Crippen LogP contribution in [0, 0.1) is 0 Å². The fourth-order valence-corrected chi connectivity index (χ4v) is 1.77. The first-order valence-electron chi connectivity index (χ1n) is 5.37. The summed E-state index contributed by atoms with van der Waals surface area (Å²) in [6.07, 6.45) is -0.608. The monoisotopic (exact) mass is 272 g/mol. The number of nitrogens with zero attached hydrogens (tertiary/aromatic N) is 1. The quantitative estimate of drug-likeness (QED) is 0.870. The molecule has 1 heterocycles. The van der Waals surface area contributed by atoms with Crippen LogP contribution in [0.25, 0.3) is 0 Å². The Morgan fingerprint density at radius 3 is 2.67 bits per heavy atom. The number of rotatable bonds is 4. The largest absolute Gasteiger partial charge is 0.480 e. The van der Waals surface area contributed by atoms with Gasteiger partial charge in [0.15, 0.2) is 0 Å². The number of thiazole rings is 1. The molecular weight excluding hydrogens is 256 g/mol. The van der Waals surface area contributed by atoms with Crippen molar-refractivity contribution in [3.63, 3.8) is 0 Å². The van der Waals surface area contributed by atoms with E-state index in [-0.39, 0.29) is 6.42 Å². The van der Waals surface area contributed by atoms with E-state index in [0.29, 0.717) is 5.69 Å². The number of carbonyl (C=O) groups excluding carboxylic acids is 1. The predicted octanol–water partition coefficient (Wildman–Crippen LogP) is 1.66. The van der Waals surface area contributed by atoms with Crippen LogP contribution in [0.3, 0.4) is 0 Å². The van der Waals surface area contributed by atoms with Crippen molar-refractivity contribution < 1.29 is 19.4 Å². The van der Waals surface area contributed by atoms with Crippen molar-refractivity contribution in [1.29, 1.82) is 0 Å². The van der Waals surface area contributed by atoms with Crippen LogP contribution in [0.2, 0.25) is 0 Å². The molecule has 1 amide bonds. The number of nitrogens with one attached hydrogen (secondary N) is 1. The van der Waals surface area contributed by atoms with Gasteiger partial charge in [-0.2, -0.15) is 0 Å². The molecule has 0 aliphatic heterocycles. The summed E-state index contributed by atoms with van der Waals surface area (Å²) in [5.41, 5.74) is 1.58. The summed E-state index contributed by atoms with van der Waals surface area (Å²) in [6.45, 7) is 5.13. The van der Waals surface area contributed by atoms with Crippen molar-refractivity contribution in [2.75, 3.05) is 0 Å². The molecule has 18 heavy (non-hydrogen) atoms. The summed E-state index contributed by atoms with van der Waals surface area (Å²) >= 11 is 1.37. The van der Waals surface area contributed by atoms with Gasteiger partial charge in [0.2, 0.25) is 0 Å². The molecule has 0 spiro atoms. The normalized spacial score (nSPS) is 12.8. The highest BCUT2D eigenvalue weighted by Gasteiger charge is 2.24. The van der Waals surface area contributed by atoms with E-state index in [0.717, 1.165) is 0 Å². The topological polar surface area (TPSA) is 88.5 Å². The minimum atomic E-state index is -1.12. The van der Waals surface area contributed by atoms with E-state index in [1.165, 1.54) is 11.3 Å². The van der Waals surface area contributed by atoms with Gasteiger partial charge in [-0.1, -0.05) is 0 Å². The van der Waals surface area contributed by atoms with Crippen LogP contribution in [-0.4, -0.2) is 33.8 Å². The first-order valence-corrected chi connectivity index (χ1v) is 6.31. The Morgan fingerprint density at radius 1 is 1.56 bits per heavy atom. The van der Waals surface area contributed by atoms with E-state index in [2.05, 4.69) is 10.3 Å². The summed E-state index contributed by atoms with van der Waals surface area (Å²) in [5.74, 6) is -1.12. The smallest absolute Gasteiger partial charge is 0.408 e. The zero-order valence-electron chi connectivity index (χ0n) is 10.5. The summed E-state index contributed by atoms with van der Waals surface area (Å²) < 4.78 is 5.01. The third-order valence-electron chi connectivity index (χ3n) is 1.89. The van der Waals surface area contributed by atoms with Gasteiger partial charge < -0.3 is 15.2 Å². The van der Waals surface area contributed by atoms with Crippen LogP contribution in [-0.2, 0) is 16.0 Å². The van der Waals surface area contributed by atoms with Crippen molar-refractivity contribution in [1.82, 2.24) is 10.3 Å². The van der Waals surface area contributed by atoms with Gasteiger partial charge >= 0.3 is 12.1 Å². The van der Waals surface area contributed by atoms with Crippen molar-refractivity contribution in [2.24, 2.45) is 0 Å². The van der Waals surface area contributed by atoms with E-state index >= 15 is 0 Å². The van der Waals surface area contributed by atoms with Gasteiger partial charge in [-0.25, -0.2) is 14.6 Å². The number of carboxylic acids is 1. The number of ether oxygens (including phenoxy) is 1. The average molecular weight is 272 g/mol. The lowest BCUT2D eigenvalue weighted by molar-refractivity contribution is -0.139. The Kier molecular flexibility index (Phi) is 4.66. The molecule has 2 N–H and O–H groups in total. The van der Waals surface area contributed by atoms with Gasteiger partial charge in [0.1, 0.15) is 11.6 Å². The molecule has 0 aliphatic rings. The minimum absolute atomic E-state index is 0.137. The molecule has 0 aliphatic carbocycles. The maximum Gasteiger partial charge on any atom is 0.408 e. The van der Waals surface area contributed by atoms with Crippen LogP contribution in [0.1, 0.15) is 26.5 Å². The number of hydrogen-bond acceptors (Lipinski definition) is 5. The molecule has 0 fully saturated rings. The highest BCUT2D eigenvalue weighted by Crippen LogP contribution is 2.08. The summed E-state index contributed by atoms with van der Waals surface area (Å²) in [5, 5.41) is 13.1. The molecule has 0 saturated heterocycles. The molecule has 1 aromatic rings. The molecule has 100 valence electrons. The molecule has 6 nitrogen and oxygen atoms in total. The third kappa shape index (κ3) is 5.13. The number of hydrogen-bond donors (Lipinski definition) is 2. The van der Waals surface area contributed by atoms with E-state index in [9.17, 15) is 9.59 Å². The molecule has 0 aromatic carbocycles. The van der Waals surface area contributed by atoms with Gasteiger partial charge in [0.05, 0.1) is 11.2 Å². The molecule has 0 bridgehead atoms. The standard InChI is InChI=1S/C11H16N2O4S/c1-11(2,3)17-10(16)13-8(9(14)15)4-7-5-18-6-12-7/h5-6,8H,4H2,1-3H3,(H,13,16)(H,14,15). The molecule has 0 saturated carbocycles. The first kappa shape index (κ1) is 14.4. The molecule has 1 unspecified atom stereocenters. The zero-order chi connectivity index (χ0) is 13.8. The Balaban J connectivity index is 2.58. The van der Waals surface area contributed by atoms with Crippen LogP contribution < -0.4 is 5.32 Å². The van der Waals surface area contributed by atoms with Crippen molar-refractivity contribution in [3.05, 3.63) is 16.6 Å². The van der Waals surface area contributed by atoms with Gasteiger partial charge in [-0.05, 0) is 20.8 Å². The molecule has 0 radical (unpaired) electrons. The zero-order valence-corrected chi connectivity index (χ0v) is 11.3. The molecule has 7 heteroatoms. The second kappa shape index (κ2) is 5.81. The second-order valence-corrected chi connectivity index (χ2v) is 5.44. The summed E-state index contributed by atoms with van der Waals surface area (Å²) in [4.78, 5) is 26.5. The molecule has 1 aromatic heterocycles. The fraction of sp³-hybridized carbons (Fsp3) is 0.545. The Labute approximate surface area is 109 Å². The van der Waals surface area contributed by atoms with Crippen LogP contribution in [0.5, 0.6) is 0 Å². The highest BCUT2D eigenvalue weighted by atomic mass is 32.1. The van der Waals surface area contributed by atoms with Crippen LogP contribution in [0.15, 0.2) is 10.9 Å². The third-order valence-corrected chi connectivity index (χ3v) is 2.52. The second-order valence-electron chi connectivity index (χ2n) is 4.72. The number of carbonyl (C=O) groups is 2. The fourth-order valence-electron chi connectivity index (χ4n) is 1.20. The lowest BCUT2D eigenvalue weighted by Gasteiger charge is -2.21. The van der Waals surface area contributed by atoms with E-state index in [1.807, 2.05) is 0 Å². The van der Waals surface area contributed by atoms with E-state index < -0.39 is 23.7 Å². The Morgan fingerprint density at radius 2 is 2.22 bits per heavy atom. The number of alkyl carbamates (subject to hydrolysis) is 1. The maximum absolute atomic E-state index is 11.5. The lowest BCUT2D eigenvalue weighted by Crippen LogP contribution is -2.44. The van der Waals surface area contributed by atoms with Gasteiger partial charge in [-0.15, -0.1) is 11.3 Å². The van der Waals surface area contributed by atoms with E-state index in [1.54, 1.807) is 31.7 Å². The van der Waals surface area contributed by atoms with E-state index in [4.69, 9.17) is 9.84 Å². The number of aromatic nitrogens is 1. The van der Waals surface area contributed by atoms with Crippen LogP contribution >= 0.6 is 11.3 Å². The van der Waals surface area contributed by atoms with Crippen LogP contribution in [0.4, 0.5) is 4.79 Å². The van der Waals surface area contributed by atoms with Gasteiger partial charge in [0.25, 0.3) is 0 Å². The van der Waals surface area contributed by atoms with Crippen molar-refractivity contribution in [3.8, 4) is 0 Å². The number of aliphatic carboxylic acids is 1. The van der Waals surface area contributed by atoms with Crippen molar-refractivity contribution in [2.45, 2.75) is 38.8 Å². The predicted molar refractivity (Wildman–Crippen MR) is 66.6 cm³/mol. The Bertz CT molecular complexity index is 411. The summed E-state index contributed by atoms with van der Waals surface area (Å²) in [7, 11) is 0. The first-order chi connectivity index (χ1) is 8.28. The number of carboxylic acid groups (broad SMARTS) is 1. The molecular formula is C11H16N2O4S. The Hall–Kier alpha value is -1.63. The minimum Gasteiger partial charge on any atom is -0.480 e.